The first-order valence-electron chi connectivity index (χ1n) is 9.52. The molecule has 154 valence electrons. The number of halogens is 1. The molecule has 0 radical (unpaired) electrons. The number of aromatic nitrogens is 4. The SMILES string of the molecule is CCc1cccc(Cl)c1N(C)C(=O)CN(CC)Cc1nc2c(cnn2C)c(=O)[nH]1. The Morgan fingerprint density at radius 2 is 2.07 bits per heavy atom. The van der Waals surface area contributed by atoms with E-state index in [1.165, 1.54) is 6.20 Å². The average Bonchev–Trinajstić information content (AvgIpc) is 3.08. The lowest BCUT2D eigenvalue weighted by Gasteiger charge is -2.25. The van der Waals surface area contributed by atoms with Crippen LogP contribution in [-0.4, -0.2) is 50.7 Å². The maximum absolute atomic E-state index is 12.9. The number of nitrogens with one attached hydrogen (secondary N) is 1. The van der Waals surface area contributed by atoms with Gasteiger partial charge in [0.05, 0.1) is 30.0 Å². The number of H-pyrrole nitrogens is 1. The Labute approximate surface area is 174 Å². The van der Waals surface area contributed by atoms with Gasteiger partial charge in [0, 0.05) is 14.1 Å². The van der Waals surface area contributed by atoms with Crippen molar-refractivity contribution in [2.45, 2.75) is 26.8 Å². The molecule has 29 heavy (non-hydrogen) atoms. The van der Waals surface area contributed by atoms with Crippen molar-refractivity contribution in [1.29, 1.82) is 0 Å². The van der Waals surface area contributed by atoms with Gasteiger partial charge in [-0.25, -0.2) is 4.98 Å². The van der Waals surface area contributed by atoms with Crippen LogP contribution in [0.5, 0.6) is 0 Å². The van der Waals surface area contributed by atoms with E-state index < -0.39 is 0 Å². The van der Waals surface area contributed by atoms with Crippen LogP contribution in [0, 0.1) is 0 Å². The van der Waals surface area contributed by atoms with Crippen LogP contribution in [-0.2, 0) is 24.8 Å². The first-order valence-corrected chi connectivity index (χ1v) is 9.90. The molecule has 1 N–H and O–H groups in total. The minimum Gasteiger partial charge on any atom is -0.313 e. The van der Waals surface area contributed by atoms with Crippen molar-refractivity contribution in [2.75, 3.05) is 25.0 Å². The molecule has 0 bridgehead atoms. The van der Waals surface area contributed by atoms with E-state index in [1.807, 2.05) is 30.9 Å². The summed E-state index contributed by atoms with van der Waals surface area (Å²) in [6.07, 6.45) is 2.27. The zero-order valence-corrected chi connectivity index (χ0v) is 17.8. The summed E-state index contributed by atoms with van der Waals surface area (Å²) in [4.78, 5) is 36.0. The van der Waals surface area contributed by atoms with Crippen molar-refractivity contribution in [3.8, 4) is 0 Å². The van der Waals surface area contributed by atoms with Crippen LogP contribution < -0.4 is 10.5 Å². The lowest BCUT2D eigenvalue weighted by Crippen LogP contribution is -2.39. The molecule has 2 aromatic heterocycles. The van der Waals surface area contributed by atoms with E-state index >= 15 is 0 Å². The first kappa shape index (κ1) is 21.0. The molecule has 1 amide bonds. The van der Waals surface area contributed by atoms with Gasteiger partial charge in [-0.1, -0.05) is 37.6 Å². The van der Waals surface area contributed by atoms with Crippen molar-refractivity contribution >= 4 is 34.2 Å². The molecule has 0 atom stereocenters. The second-order valence-electron chi connectivity index (χ2n) is 6.88. The summed E-state index contributed by atoms with van der Waals surface area (Å²) in [5.74, 6) is 0.411. The van der Waals surface area contributed by atoms with Gasteiger partial charge in [0.25, 0.3) is 5.56 Å². The van der Waals surface area contributed by atoms with E-state index in [2.05, 4.69) is 15.1 Å². The molecule has 0 saturated carbocycles. The number of anilines is 1. The molecule has 0 unspecified atom stereocenters. The number of para-hydroxylation sites is 1. The van der Waals surface area contributed by atoms with Crippen molar-refractivity contribution in [3.63, 3.8) is 0 Å². The number of rotatable bonds is 7. The zero-order chi connectivity index (χ0) is 21.1. The molecule has 3 aromatic rings. The Morgan fingerprint density at radius 1 is 1.31 bits per heavy atom. The normalized spacial score (nSPS) is 11.4. The van der Waals surface area contributed by atoms with Crippen LogP contribution >= 0.6 is 11.6 Å². The van der Waals surface area contributed by atoms with Gasteiger partial charge < -0.3 is 9.88 Å². The number of benzene rings is 1. The van der Waals surface area contributed by atoms with Gasteiger partial charge in [-0.15, -0.1) is 0 Å². The first-order chi connectivity index (χ1) is 13.8. The van der Waals surface area contributed by atoms with Crippen LogP contribution in [0.25, 0.3) is 11.0 Å². The minimum atomic E-state index is -0.235. The molecule has 3 rings (SSSR count). The summed E-state index contributed by atoms with van der Waals surface area (Å²) >= 11 is 6.36. The number of nitrogens with zero attached hydrogens (tertiary/aromatic N) is 5. The van der Waals surface area contributed by atoms with Gasteiger partial charge in [-0.3, -0.25) is 19.2 Å². The summed E-state index contributed by atoms with van der Waals surface area (Å²) in [7, 11) is 3.47. The van der Waals surface area contributed by atoms with Crippen LogP contribution in [0.3, 0.4) is 0 Å². The molecule has 9 heteroatoms. The number of likely N-dealkylation sites (N-methyl/N-ethyl adjacent to an activating group) is 2. The molecule has 0 fully saturated rings. The molecular formula is C20H25ClN6O2. The minimum absolute atomic E-state index is 0.0846. The molecule has 0 aliphatic heterocycles. The lowest BCUT2D eigenvalue weighted by atomic mass is 10.1. The highest BCUT2D eigenvalue weighted by molar-refractivity contribution is 6.34. The highest BCUT2D eigenvalue weighted by Gasteiger charge is 2.20. The Morgan fingerprint density at radius 3 is 2.76 bits per heavy atom. The predicted octanol–water partition coefficient (Wildman–Crippen LogP) is 2.36. The Balaban J connectivity index is 1.79. The van der Waals surface area contributed by atoms with Crippen molar-refractivity contribution < 1.29 is 4.79 Å². The summed E-state index contributed by atoms with van der Waals surface area (Å²) in [5, 5.41) is 5.07. The molecule has 0 spiro atoms. The van der Waals surface area contributed by atoms with Crippen molar-refractivity contribution in [2.24, 2.45) is 7.05 Å². The highest BCUT2D eigenvalue weighted by Crippen LogP contribution is 2.29. The van der Waals surface area contributed by atoms with Crippen LogP contribution in [0.1, 0.15) is 25.2 Å². The third-order valence-electron chi connectivity index (χ3n) is 4.99. The number of hydrogen-bond donors (Lipinski definition) is 1. The van der Waals surface area contributed by atoms with Gasteiger partial charge in [0.15, 0.2) is 5.65 Å². The summed E-state index contributed by atoms with van der Waals surface area (Å²) in [5.41, 5.74) is 2.04. The maximum Gasteiger partial charge on any atom is 0.262 e. The summed E-state index contributed by atoms with van der Waals surface area (Å²) in [6.45, 7) is 5.13. The number of carbonyl (C=O) groups excluding carboxylic acids is 1. The van der Waals surface area contributed by atoms with E-state index in [9.17, 15) is 9.59 Å². The maximum atomic E-state index is 12.9. The largest absolute Gasteiger partial charge is 0.313 e. The second kappa shape index (κ2) is 8.75. The Hall–Kier alpha value is -2.71. The van der Waals surface area contributed by atoms with Crippen molar-refractivity contribution in [1.82, 2.24) is 24.6 Å². The smallest absolute Gasteiger partial charge is 0.262 e. The number of carbonyl (C=O) groups is 1. The second-order valence-corrected chi connectivity index (χ2v) is 7.28. The molecule has 1 aromatic carbocycles. The number of aromatic amines is 1. The standard InChI is InChI=1S/C20H25ClN6O2/c1-5-13-8-7-9-15(21)18(13)25(3)17(28)12-27(6-2)11-16-23-19-14(20(29)24-16)10-22-26(19)4/h7-10H,5-6,11-12H2,1-4H3,(H,23,24,29). The molecule has 0 saturated heterocycles. The highest BCUT2D eigenvalue weighted by atomic mass is 35.5. The number of aryl methyl sites for hydroxylation is 2. The monoisotopic (exact) mass is 416 g/mol. The fourth-order valence-electron chi connectivity index (χ4n) is 3.29. The zero-order valence-electron chi connectivity index (χ0n) is 17.1. The molecule has 0 aliphatic carbocycles. The predicted molar refractivity (Wildman–Crippen MR) is 114 cm³/mol. The molecule has 2 heterocycles. The summed E-state index contributed by atoms with van der Waals surface area (Å²) < 4.78 is 1.56. The fraction of sp³-hybridized carbons (Fsp3) is 0.400. The fourth-order valence-corrected chi connectivity index (χ4v) is 3.61. The molecular weight excluding hydrogens is 392 g/mol. The lowest BCUT2D eigenvalue weighted by molar-refractivity contribution is -0.119. The van der Waals surface area contributed by atoms with Crippen LogP contribution in [0.2, 0.25) is 5.02 Å². The van der Waals surface area contributed by atoms with Crippen LogP contribution in [0.15, 0.2) is 29.2 Å². The Bertz CT molecular complexity index is 1090. The van der Waals surface area contributed by atoms with E-state index in [0.717, 1.165) is 17.7 Å². The van der Waals surface area contributed by atoms with Gasteiger partial charge in [-0.05, 0) is 24.6 Å². The van der Waals surface area contributed by atoms with E-state index in [0.29, 0.717) is 35.0 Å². The van der Waals surface area contributed by atoms with Crippen molar-refractivity contribution in [3.05, 3.63) is 51.2 Å². The van der Waals surface area contributed by atoms with Gasteiger partial charge in [0.1, 0.15) is 11.2 Å². The number of amides is 1. The quantitative estimate of drug-likeness (QED) is 0.638. The van der Waals surface area contributed by atoms with E-state index in [4.69, 9.17) is 11.6 Å². The average molecular weight is 417 g/mol. The Kier molecular flexibility index (Phi) is 6.34. The van der Waals surface area contributed by atoms with E-state index in [-0.39, 0.29) is 18.0 Å². The van der Waals surface area contributed by atoms with Crippen LogP contribution in [0.4, 0.5) is 5.69 Å². The van der Waals surface area contributed by atoms with Gasteiger partial charge >= 0.3 is 0 Å². The summed E-state index contributed by atoms with van der Waals surface area (Å²) in [6, 6.07) is 5.65. The number of hydrogen-bond acceptors (Lipinski definition) is 5. The molecule has 8 nitrogen and oxygen atoms in total. The van der Waals surface area contributed by atoms with Gasteiger partial charge in [-0.2, -0.15) is 5.10 Å². The van der Waals surface area contributed by atoms with Gasteiger partial charge in [0.2, 0.25) is 5.91 Å². The number of fused-ring (bicyclic) bond motifs is 1. The third kappa shape index (κ3) is 4.33. The third-order valence-corrected chi connectivity index (χ3v) is 5.30. The molecule has 0 aliphatic rings. The topological polar surface area (TPSA) is 87.1 Å². The van der Waals surface area contributed by atoms with E-state index in [1.54, 1.807) is 29.7 Å².